The number of benzene rings is 1. The molecule has 0 aliphatic carbocycles. The van der Waals surface area contributed by atoms with Crippen molar-refractivity contribution < 1.29 is 9.59 Å². The number of hydrogen-bond donors (Lipinski definition) is 2. The van der Waals surface area contributed by atoms with Crippen molar-refractivity contribution >= 4 is 17.5 Å². The number of fused-ring (bicyclic) bond motifs is 1. The number of hydrogen-bond acceptors (Lipinski definition) is 3. The number of amides is 2. The van der Waals surface area contributed by atoms with Crippen molar-refractivity contribution in [2.75, 3.05) is 18.4 Å². The average Bonchev–Trinajstić information content (AvgIpc) is 2.42. The summed E-state index contributed by atoms with van der Waals surface area (Å²) in [5.74, 6) is -0.704. The lowest BCUT2D eigenvalue weighted by Gasteiger charge is -2.33. The van der Waals surface area contributed by atoms with Crippen molar-refractivity contribution in [1.82, 2.24) is 4.90 Å². The number of rotatable bonds is 4. The van der Waals surface area contributed by atoms with E-state index in [9.17, 15) is 9.59 Å². The molecule has 3 N–H and O–H groups in total. The van der Waals surface area contributed by atoms with Gasteiger partial charge in [-0.25, -0.2) is 0 Å². The second kappa shape index (κ2) is 5.94. The van der Waals surface area contributed by atoms with Gasteiger partial charge < -0.3 is 16.0 Å². The summed E-state index contributed by atoms with van der Waals surface area (Å²) in [4.78, 5) is 25.3. The van der Waals surface area contributed by atoms with Gasteiger partial charge in [-0.2, -0.15) is 0 Å². The van der Waals surface area contributed by atoms with Crippen LogP contribution in [0.2, 0.25) is 0 Å². The number of para-hydroxylation sites is 1. The molecule has 2 atom stereocenters. The van der Waals surface area contributed by atoms with E-state index in [2.05, 4.69) is 12.2 Å². The molecule has 5 nitrogen and oxygen atoms in total. The van der Waals surface area contributed by atoms with Crippen LogP contribution in [0.15, 0.2) is 24.3 Å². The van der Waals surface area contributed by atoms with E-state index in [0.29, 0.717) is 6.54 Å². The van der Waals surface area contributed by atoms with Gasteiger partial charge >= 0.3 is 0 Å². The van der Waals surface area contributed by atoms with Crippen molar-refractivity contribution in [2.24, 2.45) is 5.73 Å². The molecule has 1 aliphatic heterocycles. The maximum atomic E-state index is 12.7. The SMILES string of the molecule is CCN(CC(N)=O)C(=O)C1CC(C)Nc2ccccc21. The highest BCUT2D eigenvalue weighted by molar-refractivity contribution is 5.89. The Morgan fingerprint density at radius 2 is 2.10 bits per heavy atom. The molecule has 0 bridgehead atoms. The minimum absolute atomic E-state index is 0.0180. The first-order valence-electron chi connectivity index (χ1n) is 6.95. The molecule has 0 fully saturated rings. The summed E-state index contributed by atoms with van der Waals surface area (Å²) < 4.78 is 0. The van der Waals surface area contributed by atoms with Crippen LogP contribution >= 0.6 is 0 Å². The lowest BCUT2D eigenvalue weighted by Crippen LogP contribution is -2.43. The highest BCUT2D eigenvalue weighted by atomic mass is 16.2. The van der Waals surface area contributed by atoms with Crippen molar-refractivity contribution in [3.63, 3.8) is 0 Å². The number of nitrogens with two attached hydrogens (primary N) is 1. The molecule has 0 aromatic heterocycles. The molecule has 0 saturated heterocycles. The Balaban J connectivity index is 2.27. The van der Waals surface area contributed by atoms with E-state index < -0.39 is 5.91 Å². The molecule has 0 spiro atoms. The molecule has 1 aliphatic rings. The maximum Gasteiger partial charge on any atom is 0.237 e. The molecule has 0 saturated carbocycles. The van der Waals surface area contributed by atoms with Gasteiger partial charge in [0.05, 0.1) is 12.5 Å². The minimum Gasteiger partial charge on any atom is -0.382 e. The van der Waals surface area contributed by atoms with Crippen LogP contribution in [0.1, 0.15) is 31.7 Å². The van der Waals surface area contributed by atoms with E-state index in [4.69, 9.17) is 5.73 Å². The van der Waals surface area contributed by atoms with Crippen LogP contribution in [0.25, 0.3) is 0 Å². The second-order valence-corrected chi connectivity index (χ2v) is 5.24. The topological polar surface area (TPSA) is 75.4 Å². The number of carbonyl (C=O) groups is 2. The summed E-state index contributed by atoms with van der Waals surface area (Å²) in [7, 11) is 0. The first-order chi connectivity index (χ1) is 9.52. The van der Waals surface area contributed by atoms with E-state index in [0.717, 1.165) is 17.7 Å². The molecule has 0 radical (unpaired) electrons. The summed E-state index contributed by atoms with van der Waals surface area (Å²) in [6.07, 6.45) is 0.727. The molecule has 20 heavy (non-hydrogen) atoms. The molecular formula is C15H21N3O2. The van der Waals surface area contributed by atoms with E-state index >= 15 is 0 Å². The Hall–Kier alpha value is -2.04. The maximum absolute atomic E-state index is 12.7. The molecule has 1 heterocycles. The Bertz CT molecular complexity index is 516. The third-order valence-electron chi connectivity index (χ3n) is 3.67. The van der Waals surface area contributed by atoms with Gasteiger partial charge in [-0.1, -0.05) is 18.2 Å². The zero-order chi connectivity index (χ0) is 14.7. The fourth-order valence-corrected chi connectivity index (χ4v) is 2.73. The molecule has 2 unspecified atom stereocenters. The predicted octanol–water partition coefficient (Wildman–Crippen LogP) is 1.31. The van der Waals surface area contributed by atoms with Crippen molar-refractivity contribution in [1.29, 1.82) is 0 Å². The number of likely N-dealkylation sites (N-methyl/N-ethyl adjacent to an activating group) is 1. The minimum atomic E-state index is -0.476. The Labute approximate surface area is 119 Å². The summed E-state index contributed by atoms with van der Waals surface area (Å²) in [6.45, 7) is 4.38. The van der Waals surface area contributed by atoms with Crippen molar-refractivity contribution in [2.45, 2.75) is 32.2 Å². The Morgan fingerprint density at radius 3 is 2.75 bits per heavy atom. The largest absolute Gasteiger partial charge is 0.382 e. The number of nitrogens with zero attached hydrogens (tertiary/aromatic N) is 1. The van der Waals surface area contributed by atoms with Gasteiger partial charge in [-0.3, -0.25) is 9.59 Å². The Morgan fingerprint density at radius 1 is 1.40 bits per heavy atom. The normalized spacial score (nSPS) is 20.7. The summed E-state index contributed by atoms with van der Waals surface area (Å²) in [6, 6.07) is 8.06. The fourth-order valence-electron chi connectivity index (χ4n) is 2.73. The first-order valence-corrected chi connectivity index (χ1v) is 6.95. The van der Waals surface area contributed by atoms with E-state index in [1.165, 1.54) is 4.90 Å². The smallest absolute Gasteiger partial charge is 0.237 e. The van der Waals surface area contributed by atoms with Crippen molar-refractivity contribution in [3.8, 4) is 0 Å². The molecule has 1 aromatic rings. The third-order valence-corrected chi connectivity index (χ3v) is 3.67. The van der Waals surface area contributed by atoms with Crippen LogP contribution in [0, 0.1) is 0 Å². The van der Waals surface area contributed by atoms with Crippen LogP contribution < -0.4 is 11.1 Å². The summed E-state index contributed by atoms with van der Waals surface area (Å²) in [5.41, 5.74) is 7.21. The van der Waals surface area contributed by atoms with Gasteiger partial charge in [0.1, 0.15) is 0 Å². The predicted molar refractivity (Wildman–Crippen MR) is 78.3 cm³/mol. The van der Waals surface area contributed by atoms with Gasteiger partial charge in [0, 0.05) is 18.3 Å². The summed E-state index contributed by atoms with van der Waals surface area (Å²) in [5, 5.41) is 3.38. The van der Waals surface area contributed by atoms with E-state index in [-0.39, 0.29) is 24.4 Å². The number of carbonyl (C=O) groups excluding carboxylic acids is 2. The monoisotopic (exact) mass is 275 g/mol. The molecule has 108 valence electrons. The van der Waals surface area contributed by atoms with Gasteiger partial charge in [-0.15, -0.1) is 0 Å². The third kappa shape index (κ3) is 2.92. The van der Waals surface area contributed by atoms with Gasteiger partial charge in [0.25, 0.3) is 0 Å². The first kappa shape index (κ1) is 14.4. The van der Waals surface area contributed by atoms with E-state index in [1.807, 2.05) is 31.2 Å². The lowest BCUT2D eigenvalue weighted by molar-refractivity contribution is -0.136. The number of primary amides is 1. The highest BCUT2D eigenvalue weighted by Crippen LogP contribution is 2.35. The van der Waals surface area contributed by atoms with Crippen LogP contribution in [0.4, 0.5) is 5.69 Å². The van der Waals surface area contributed by atoms with Crippen LogP contribution in [0.3, 0.4) is 0 Å². The van der Waals surface area contributed by atoms with Crippen LogP contribution in [-0.2, 0) is 9.59 Å². The average molecular weight is 275 g/mol. The molecular weight excluding hydrogens is 254 g/mol. The zero-order valence-corrected chi connectivity index (χ0v) is 11.9. The van der Waals surface area contributed by atoms with E-state index in [1.54, 1.807) is 0 Å². The zero-order valence-electron chi connectivity index (χ0n) is 11.9. The molecule has 1 aromatic carbocycles. The number of anilines is 1. The fraction of sp³-hybridized carbons (Fsp3) is 0.467. The second-order valence-electron chi connectivity index (χ2n) is 5.24. The van der Waals surface area contributed by atoms with Gasteiger partial charge in [-0.05, 0) is 31.9 Å². The standard InChI is InChI=1S/C15H21N3O2/c1-3-18(9-14(16)19)15(20)12-8-10(2)17-13-7-5-4-6-11(12)13/h4-7,10,12,17H,3,8-9H2,1-2H3,(H2,16,19). The Kier molecular flexibility index (Phi) is 4.27. The quantitative estimate of drug-likeness (QED) is 0.870. The lowest BCUT2D eigenvalue weighted by atomic mass is 9.86. The molecule has 2 rings (SSSR count). The molecule has 5 heteroatoms. The highest BCUT2D eigenvalue weighted by Gasteiger charge is 2.32. The van der Waals surface area contributed by atoms with Crippen molar-refractivity contribution in [3.05, 3.63) is 29.8 Å². The molecule has 2 amide bonds. The summed E-state index contributed by atoms with van der Waals surface area (Å²) >= 11 is 0. The van der Waals surface area contributed by atoms with Gasteiger partial charge in [0.2, 0.25) is 11.8 Å². The number of nitrogens with one attached hydrogen (secondary N) is 1. The van der Waals surface area contributed by atoms with Crippen LogP contribution in [0.5, 0.6) is 0 Å². The van der Waals surface area contributed by atoms with Gasteiger partial charge in [0.15, 0.2) is 0 Å². The van der Waals surface area contributed by atoms with Crippen LogP contribution in [-0.4, -0.2) is 35.8 Å².